The lowest BCUT2D eigenvalue weighted by Crippen LogP contribution is -2.83. The second kappa shape index (κ2) is 4.77. The van der Waals surface area contributed by atoms with Gasteiger partial charge < -0.3 is 9.88 Å². The fourth-order valence-corrected chi connectivity index (χ4v) is 3.86. The highest BCUT2D eigenvalue weighted by Gasteiger charge is 2.26. The molecule has 0 bridgehead atoms. The van der Waals surface area contributed by atoms with Gasteiger partial charge in [0.05, 0.1) is 16.3 Å². The Bertz CT molecular complexity index is 742. The maximum Gasteiger partial charge on any atom is 0.153 e. The van der Waals surface area contributed by atoms with E-state index in [9.17, 15) is 0 Å². The Morgan fingerprint density at radius 1 is 1.15 bits per heavy atom. The Kier molecular flexibility index (Phi) is 2.91. The zero-order valence-electron chi connectivity index (χ0n) is 10.8. The number of nitrogens with two attached hydrogens (primary N) is 1. The van der Waals surface area contributed by atoms with Crippen LogP contribution in [0, 0.1) is 0 Å². The molecule has 0 spiro atoms. The third-order valence-electron chi connectivity index (χ3n) is 3.85. The van der Waals surface area contributed by atoms with Gasteiger partial charge in [-0.3, -0.25) is 0 Å². The summed E-state index contributed by atoms with van der Waals surface area (Å²) in [5.41, 5.74) is 3.94. The first-order valence-corrected chi connectivity index (χ1v) is 7.91. The van der Waals surface area contributed by atoms with E-state index in [2.05, 4.69) is 51.8 Å². The molecule has 2 N–H and O–H groups in total. The number of hydrogen-bond acceptors (Lipinski definition) is 1. The molecule has 1 unspecified atom stereocenters. The van der Waals surface area contributed by atoms with E-state index in [0.717, 1.165) is 11.6 Å². The summed E-state index contributed by atoms with van der Waals surface area (Å²) in [6.45, 7) is 1.02. The topological polar surface area (TPSA) is 21.5 Å². The van der Waals surface area contributed by atoms with Crippen LogP contribution in [0.2, 0.25) is 5.02 Å². The minimum Gasteiger partial charge on any atom is -0.331 e. The quantitative estimate of drug-likeness (QED) is 0.712. The van der Waals surface area contributed by atoms with E-state index in [4.69, 9.17) is 11.6 Å². The van der Waals surface area contributed by atoms with Crippen molar-refractivity contribution in [1.29, 1.82) is 0 Å². The Labute approximate surface area is 126 Å². The lowest BCUT2D eigenvalue weighted by Gasteiger charge is -2.15. The molecule has 2 nitrogen and oxygen atoms in total. The van der Waals surface area contributed by atoms with Crippen LogP contribution >= 0.6 is 22.9 Å². The molecule has 20 heavy (non-hydrogen) atoms. The van der Waals surface area contributed by atoms with Gasteiger partial charge in [-0.05, 0) is 35.7 Å². The molecular weight excluding hydrogens is 288 g/mol. The summed E-state index contributed by atoms with van der Waals surface area (Å²) in [4.78, 5) is 1.43. The highest BCUT2D eigenvalue weighted by Crippen LogP contribution is 2.29. The summed E-state index contributed by atoms with van der Waals surface area (Å²) in [6, 6.07) is 15.1. The van der Waals surface area contributed by atoms with Crippen LogP contribution in [0.4, 0.5) is 0 Å². The van der Waals surface area contributed by atoms with Gasteiger partial charge in [0, 0.05) is 16.8 Å². The number of hydrogen-bond donors (Lipinski definition) is 1. The van der Waals surface area contributed by atoms with Crippen molar-refractivity contribution < 1.29 is 5.32 Å². The van der Waals surface area contributed by atoms with Crippen LogP contribution in [0.3, 0.4) is 0 Å². The Balaban J connectivity index is 1.84. The molecule has 3 aromatic rings. The van der Waals surface area contributed by atoms with Crippen molar-refractivity contribution in [2.75, 3.05) is 0 Å². The summed E-state index contributed by atoms with van der Waals surface area (Å²) in [6.07, 6.45) is 2.16. The fourth-order valence-electron chi connectivity index (χ4n) is 2.89. The third kappa shape index (κ3) is 1.90. The smallest absolute Gasteiger partial charge is 0.153 e. The molecule has 0 fully saturated rings. The van der Waals surface area contributed by atoms with Gasteiger partial charge in [-0.2, -0.15) is 0 Å². The zero-order chi connectivity index (χ0) is 13.5. The zero-order valence-corrected chi connectivity index (χ0v) is 12.4. The highest BCUT2D eigenvalue weighted by molar-refractivity contribution is 7.10. The summed E-state index contributed by atoms with van der Waals surface area (Å²) in [5, 5.41) is 5.36. The minimum absolute atomic E-state index is 0.321. The molecule has 0 radical (unpaired) electrons. The first-order valence-electron chi connectivity index (χ1n) is 6.66. The first kappa shape index (κ1) is 12.2. The second-order valence-corrected chi connectivity index (χ2v) is 6.44. The van der Waals surface area contributed by atoms with Crippen molar-refractivity contribution in [3.8, 4) is 5.69 Å². The summed E-state index contributed by atoms with van der Waals surface area (Å²) in [5.74, 6) is 0. The maximum atomic E-state index is 6.00. The molecule has 1 aliphatic rings. The molecular formula is C16H14ClN2S+. The molecule has 0 saturated carbocycles. The van der Waals surface area contributed by atoms with Crippen molar-refractivity contribution in [3.63, 3.8) is 0 Å². The maximum absolute atomic E-state index is 6.00. The molecule has 100 valence electrons. The number of benzene rings is 1. The predicted molar refractivity (Wildman–Crippen MR) is 82.6 cm³/mol. The van der Waals surface area contributed by atoms with E-state index in [0.29, 0.717) is 6.04 Å². The number of nitrogens with zero attached hydrogens (tertiary/aromatic N) is 1. The summed E-state index contributed by atoms with van der Waals surface area (Å²) < 4.78 is 2.31. The molecule has 1 aliphatic heterocycles. The van der Waals surface area contributed by atoms with Gasteiger partial charge in [0.15, 0.2) is 6.04 Å². The lowest BCUT2D eigenvalue weighted by molar-refractivity contribution is -0.701. The van der Waals surface area contributed by atoms with E-state index >= 15 is 0 Å². The molecule has 0 amide bonds. The van der Waals surface area contributed by atoms with E-state index in [1.807, 2.05) is 23.5 Å². The van der Waals surface area contributed by atoms with Crippen LogP contribution in [0.5, 0.6) is 0 Å². The molecule has 1 aromatic carbocycles. The van der Waals surface area contributed by atoms with Crippen LogP contribution in [0.15, 0.2) is 54.0 Å². The van der Waals surface area contributed by atoms with Gasteiger partial charge in [0.2, 0.25) is 0 Å². The standard InChI is InChI=1S/C16H13ClN2S/c17-12-5-3-11(4-6-12)16-14-2-1-8-19(14)13-7-9-20-15(13)10-18-16/h1-9,16,18H,10H2/p+1. The van der Waals surface area contributed by atoms with Gasteiger partial charge in [-0.25, -0.2) is 0 Å². The largest absolute Gasteiger partial charge is 0.331 e. The predicted octanol–water partition coefficient (Wildman–Crippen LogP) is 3.36. The van der Waals surface area contributed by atoms with Crippen LogP contribution in [-0.2, 0) is 6.54 Å². The average Bonchev–Trinajstić information content (AvgIpc) is 3.08. The molecule has 4 heteroatoms. The Hall–Kier alpha value is -1.55. The van der Waals surface area contributed by atoms with Gasteiger partial charge in [-0.1, -0.05) is 23.7 Å². The SMILES string of the molecule is Clc1ccc(C2[NH2+]Cc3sccc3-n3cccc32)cc1. The number of quaternary nitrogens is 1. The molecule has 2 aromatic heterocycles. The van der Waals surface area contributed by atoms with Crippen molar-refractivity contribution in [2.24, 2.45) is 0 Å². The average molecular weight is 302 g/mol. The van der Waals surface area contributed by atoms with Crippen LogP contribution in [0.1, 0.15) is 22.2 Å². The number of halogens is 1. The monoisotopic (exact) mass is 301 g/mol. The van der Waals surface area contributed by atoms with Crippen LogP contribution in [0.25, 0.3) is 5.69 Å². The van der Waals surface area contributed by atoms with E-state index in [1.165, 1.54) is 21.8 Å². The van der Waals surface area contributed by atoms with Crippen molar-refractivity contribution in [3.05, 3.63) is 75.2 Å². The molecule has 1 atom stereocenters. The minimum atomic E-state index is 0.321. The first-order chi connectivity index (χ1) is 9.83. The normalized spacial score (nSPS) is 17.4. The fraction of sp³-hybridized carbons (Fsp3) is 0.125. The number of fused-ring (bicyclic) bond motifs is 3. The third-order valence-corrected chi connectivity index (χ3v) is 5.03. The Morgan fingerprint density at radius 3 is 2.85 bits per heavy atom. The number of aromatic nitrogens is 1. The highest BCUT2D eigenvalue weighted by atomic mass is 35.5. The number of rotatable bonds is 1. The number of thiophene rings is 1. The molecule has 0 saturated heterocycles. The van der Waals surface area contributed by atoms with Crippen LogP contribution < -0.4 is 5.32 Å². The van der Waals surface area contributed by atoms with E-state index in [1.54, 1.807) is 0 Å². The van der Waals surface area contributed by atoms with Crippen molar-refractivity contribution >= 4 is 22.9 Å². The second-order valence-electron chi connectivity index (χ2n) is 5.00. The lowest BCUT2D eigenvalue weighted by atomic mass is 10.0. The molecule has 4 rings (SSSR count). The van der Waals surface area contributed by atoms with Gasteiger partial charge in [-0.15, -0.1) is 11.3 Å². The summed E-state index contributed by atoms with van der Waals surface area (Å²) in [7, 11) is 0. The van der Waals surface area contributed by atoms with Gasteiger partial charge >= 0.3 is 0 Å². The summed E-state index contributed by atoms with van der Waals surface area (Å²) >= 11 is 7.84. The van der Waals surface area contributed by atoms with Gasteiger partial charge in [0.25, 0.3) is 0 Å². The van der Waals surface area contributed by atoms with E-state index < -0.39 is 0 Å². The van der Waals surface area contributed by atoms with Gasteiger partial charge in [0.1, 0.15) is 6.54 Å². The Morgan fingerprint density at radius 2 is 2.00 bits per heavy atom. The van der Waals surface area contributed by atoms with Crippen LogP contribution in [-0.4, -0.2) is 4.57 Å². The van der Waals surface area contributed by atoms with E-state index in [-0.39, 0.29) is 0 Å². The van der Waals surface area contributed by atoms with Crippen molar-refractivity contribution in [1.82, 2.24) is 4.57 Å². The molecule has 3 heterocycles. The van der Waals surface area contributed by atoms with Crippen molar-refractivity contribution in [2.45, 2.75) is 12.6 Å². The molecule has 0 aliphatic carbocycles.